The molecule has 0 fully saturated rings. The molecule has 2 heterocycles. The van der Waals surface area contributed by atoms with Gasteiger partial charge in [-0.1, -0.05) is 0 Å². The van der Waals surface area contributed by atoms with Gasteiger partial charge in [-0.25, -0.2) is 23.2 Å². The first-order valence-electron chi connectivity index (χ1n) is 5.73. The Labute approximate surface area is 130 Å². The molecule has 0 amide bonds. The average Bonchev–Trinajstić information content (AvgIpc) is 3.07. The minimum atomic E-state index is -3.91. The molecular weight excluding hydrogens is 334 g/mol. The quantitative estimate of drug-likeness (QED) is 0.825. The summed E-state index contributed by atoms with van der Waals surface area (Å²) in [6.07, 6.45) is 1.60. The Morgan fingerprint density at radius 1 is 1.33 bits per heavy atom. The highest BCUT2D eigenvalue weighted by Gasteiger charge is 2.34. The van der Waals surface area contributed by atoms with E-state index in [1.54, 1.807) is 25.4 Å². The number of rotatable bonds is 5. The highest BCUT2D eigenvalue weighted by Crippen LogP contribution is 2.27. The maximum atomic E-state index is 12.5. The van der Waals surface area contributed by atoms with Gasteiger partial charge in [0, 0.05) is 11.6 Å². The molecule has 0 saturated carbocycles. The van der Waals surface area contributed by atoms with E-state index in [-0.39, 0.29) is 9.90 Å². The maximum absolute atomic E-state index is 12.5. The number of nitrogens with zero attached hydrogens (tertiary/aromatic N) is 2. The van der Waals surface area contributed by atoms with E-state index in [2.05, 4.69) is 19.4 Å². The van der Waals surface area contributed by atoms with Crippen LogP contribution in [-0.2, 0) is 20.3 Å². The first-order valence-corrected chi connectivity index (χ1v) is 8.98. The third kappa shape index (κ3) is 3.28. The van der Waals surface area contributed by atoms with Gasteiger partial charge in [0.1, 0.15) is 5.01 Å². The van der Waals surface area contributed by atoms with Crippen molar-refractivity contribution in [3.05, 3.63) is 27.8 Å². The Morgan fingerprint density at radius 2 is 2.05 bits per heavy atom. The minimum Gasteiger partial charge on any atom is -0.464 e. The van der Waals surface area contributed by atoms with Gasteiger partial charge in [-0.05, 0) is 13.8 Å². The van der Waals surface area contributed by atoms with Crippen LogP contribution in [-0.4, -0.2) is 31.5 Å². The van der Waals surface area contributed by atoms with Crippen molar-refractivity contribution in [2.45, 2.75) is 23.6 Å². The lowest BCUT2D eigenvalue weighted by atomic mass is 10.1. The molecule has 0 atom stereocenters. The number of carbonyl (C=O) groups excluding carboxylic acids is 1. The predicted molar refractivity (Wildman–Crippen MR) is 78.9 cm³/mol. The predicted octanol–water partition coefficient (Wildman–Crippen LogP) is 1.60. The second-order valence-corrected chi connectivity index (χ2v) is 8.17. The summed E-state index contributed by atoms with van der Waals surface area (Å²) in [5.41, 5.74) is 0.173. The fraction of sp³-hybridized carbons (Fsp3) is 0.364. The Kier molecular flexibility index (Phi) is 4.42. The van der Waals surface area contributed by atoms with E-state index in [1.807, 2.05) is 0 Å². The Morgan fingerprint density at radius 3 is 2.62 bits per heavy atom. The number of sulfonamides is 1. The van der Waals surface area contributed by atoms with Crippen molar-refractivity contribution in [2.24, 2.45) is 0 Å². The zero-order valence-corrected chi connectivity index (χ0v) is 13.9. The van der Waals surface area contributed by atoms with Crippen molar-refractivity contribution in [3.63, 3.8) is 0 Å². The number of carbonyl (C=O) groups is 1. The minimum absolute atomic E-state index is 0.168. The highest BCUT2D eigenvalue weighted by atomic mass is 32.2. The van der Waals surface area contributed by atoms with Crippen LogP contribution >= 0.6 is 22.7 Å². The Hall–Kier alpha value is -1.36. The summed E-state index contributed by atoms with van der Waals surface area (Å²) >= 11 is 2.20. The lowest BCUT2D eigenvalue weighted by Gasteiger charge is -2.23. The number of esters is 1. The molecule has 2 aromatic heterocycles. The number of methoxy groups -OCH3 is 1. The molecule has 0 aromatic carbocycles. The van der Waals surface area contributed by atoms with Crippen molar-refractivity contribution >= 4 is 38.7 Å². The Bertz CT molecular complexity index is 735. The van der Waals surface area contributed by atoms with E-state index < -0.39 is 21.5 Å². The smallest absolute Gasteiger partial charge is 0.358 e. The molecule has 0 unspecified atom stereocenters. The monoisotopic (exact) mass is 347 g/mol. The van der Waals surface area contributed by atoms with E-state index in [9.17, 15) is 13.2 Å². The van der Waals surface area contributed by atoms with Gasteiger partial charge < -0.3 is 4.74 Å². The van der Waals surface area contributed by atoms with E-state index in [1.165, 1.54) is 24.0 Å². The van der Waals surface area contributed by atoms with E-state index >= 15 is 0 Å². The van der Waals surface area contributed by atoms with Crippen molar-refractivity contribution in [1.82, 2.24) is 14.7 Å². The second-order valence-electron chi connectivity index (χ2n) is 4.55. The standard InChI is InChI=1S/C11H13N3O4S3/c1-11(2,10-12-4-5-19-10)14-21(16,17)9-7(8(15)18-3)13-6-20-9/h4-6,14H,1-3H3. The first-order chi connectivity index (χ1) is 9.78. The molecule has 0 radical (unpaired) electrons. The summed E-state index contributed by atoms with van der Waals surface area (Å²) in [7, 11) is -2.74. The summed E-state index contributed by atoms with van der Waals surface area (Å²) in [4.78, 5) is 19.4. The summed E-state index contributed by atoms with van der Waals surface area (Å²) in [6.45, 7) is 3.39. The third-order valence-corrected chi connectivity index (χ3v) is 6.64. The number of nitrogens with one attached hydrogen (secondary N) is 1. The van der Waals surface area contributed by atoms with Crippen LogP contribution < -0.4 is 4.72 Å². The normalized spacial score (nSPS) is 12.3. The van der Waals surface area contributed by atoms with Crippen LogP contribution in [0.5, 0.6) is 0 Å². The van der Waals surface area contributed by atoms with Gasteiger partial charge in [-0.3, -0.25) is 0 Å². The third-order valence-electron chi connectivity index (χ3n) is 2.51. The van der Waals surface area contributed by atoms with Crippen molar-refractivity contribution in [3.8, 4) is 0 Å². The van der Waals surface area contributed by atoms with E-state index in [0.717, 1.165) is 11.3 Å². The average molecular weight is 347 g/mol. The van der Waals surface area contributed by atoms with Crippen LogP contribution in [0, 0.1) is 0 Å². The molecule has 10 heteroatoms. The van der Waals surface area contributed by atoms with Crippen LogP contribution in [0.4, 0.5) is 0 Å². The van der Waals surface area contributed by atoms with Crippen molar-refractivity contribution in [1.29, 1.82) is 0 Å². The van der Waals surface area contributed by atoms with Crippen LogP contribution in [0.2, 0.25) is 0 Å². The second kappa shape index (κ2) is 5.79. The largest absolute Gasteiger partial charge is 0.464 e. The van der Waals surface area contributed by atoms with Crippen LogP contribution in [0.3, 0.4) is 0 Å². The molecule has 1 N–H and O–H groups in total. The molecule has 2 rings (SSSR count). The number of hydrogen-bond acceptors (Lipinski definition) is 8. The molecule has 0 spiro atoms. The zero-order chi connectivity index (χ0) is 15.7. The molecule has 0 aliphatic heterocycles. The Balaban J connectivity index is 2.36. The fourth-order valence-electron chi connectivity index (χ4n) is 1.62. The molecule has 2 aromatic rings. The van der Waals surface area contributed by atoms with Crippen molar-refractivity contribution in [2.75, 3.05) is 7.11 Å². The molecule has 0 saturated heterocycles. The lowest BCUT2D eigenvalue weighted by Crippen LogP contribution is -2.41. The number of aromatic nitrogens is 2. The number of thiazole rings is 2. The summed E-state index contributed by atoms with van der Waals surface area (Å²) < 4.78 is 31.9. The lowest BCUT2D eigenvalue weighted by molar-refractivity contribution is 0.0590. The molecule has 7 nitrogen and oxygen atoms in total. The number of ether oxygens (including phenoxy) is 1. The molecule has 0 aliphatic carbocycles. The van der Waals surface area contributed by atoms with Crippen LogP contribution in [0.1, 0.15) is 29.3 Å². The van der Waals surface area contributed by atoms with Crippen LogP contribution in [0.25, 0.3) is 0 Å². The SMILES string of the molecule is COC(=O)c1ncsc1S(=O)(=O)NC(C)(C)c1nccs1. The van der Waals surface area contributed by atoms with Gasteiger partial charge in [0.05, 0.1) is 18.2 Å². The molecule has 21 heavy (non-hydrogen) atoms. The highest BCUT2D eigenvalue weighted by molar-refractivity contribution is 7.91. The van der Waals surface area contributed by atoms with Crippen molar-refractivity contribution < 1.29 is 17.9 Å². The maximum Gasteiger partial charge on any atom is 0.358 e. The molecule has 0 bridgehead atoms. The van der Waals surface area contributed by atoms with Gasteiger partial charge in [-0.2, -0.15) is 4.72 Å². The zero-order valence-electron chi connectivity index (χ0n) is 11.5. The van der Waals surface area contributed by atoms with E-state index in [0.29, 0.717) is 5.01 Å². The molecule has 0 aliphatic rings. The van der Waals surface area contributed by atoms with Gasteiger partial charge in [0.25, 0.3) is 10.0 Å². The van der Waals surface area contributed by atoms with Gasteiger partial charge in [0.15, 0.2) is 9.90 Å². The molecular formula is C11H13N3O4S3. The molecule has 114 valence electrons. The van der Waals surface area contributed by atoms with E-state index in [4.69, 9.17) is 0 Å². The topological polar surface area (TPSA) is 98.2 Å². The number of hydrogen-bond donors (Lipinski definition) is 1. The van der Waals surface area contributed by atoms with Gasteiger partial charge in [0.2, 0.25) is 0 Å². The summed E-state index contributed by atoms with van der Waals surface area (Å²) in [5, 5.41) is 2.38. The first kappa shape index (κ1) is 16.0. The van der Waals surface area contributed by atoms with Gasteiger partial charge >= 0.3 is 5.97 Å². The summed E-state index contributed by atoms with van der Waals surface area (Å²) in [6, 6.07) is 0. The van der Waals surface area contributed by atoms with Crippen LogP contribution in [0.15, 0.2) is 21.3 Å². The van der Waals surface area contributed by atoms with Gasteiger partial charge in [-0.15, -0.1) is 22.7 Å². The summed E-state index contributed by atoms with van der Waals surface area (Å²) in [5.74, 6) is -0.788. The fourth-order valence-corrected chi connectivity index (χ4v) is 4.91.